The van der Waals surface area contributed by atoms with Gasteiger partial charge in [-0.2, -0.15) is 0 Å². The number of hydrogen-bond donors (Lipinski definition) is 1. The van der Waals surface area contributed by atoms with Gasteiger partial charge < -0.3 is 10.5 Å². The molecule has 21 heavy (non-hydrogen) atoms. The Balaban J connectivity index is 2.35. The van der Waals surface area contributed by atoms with Crippen molar-refractivity contribution in [2.75, 3.05) is 5.73 Å². The number of ether oxygens (including phenoxy) is 1. The third-order valence-electron chi connectivity index (χ3n) is 3.56. The van der Waals surface area contributed by atoms with Crippen molar-refractivity contribution in [1.29, 1.82) is 0 Å². The van der Waals surface area contributed by atoms with Gasteiger partial charge in [-0.15, -0.1) is 0 Å². The van der Waals surface area contributed by atoms with E-state index in [0.717, 1.165) is 22.6 Å². The van der Waals surface area contributed by atoms with Gasteiger partial charge in [-0.25, -0.2) is 0 Å². The quantitative estimate of drug-likeness (QED) is 0.730. The Kier molecular flexibility index (Phi) is 4.20. The van der Waals surface area contributed by atoms with E-state index in [1.807, 2.05) is 19.1 Å². The van der Waals surface area contributed by atoms with Gasteiger partial charge >= 0.3 is 0 Å². The van der Waals surface area contributed by atoms with Crippen LogP contribution in [0.25, 0.3) is 0 Å². The van der Waals surface area contributed by atoms with Gasteiger partial charge in [0.15, 0.2) is 0 Å². The van der Waals surface area contributed by atoms with Crippen LogP contribution in [0.2, 0.25) is 5.02 Å². The van der Waals surface area contributed by atoms with Crippen LogP contribution >= 0.6 is 11.6 Å². The first-order chi connectivity index (χ1) is 9.68. The molecule has 0 heterocycles. The molecule has 0 saturated heterocycles. The molecule has 0 fully saturated rings. The highest BCUT2D eigenvalue weighted by atomic mass is 35.5. The van der Waals surface area contributed by atoms with Gasteiger partial charge in [0.25, 0.3) is 0 Å². The molecule has 0 aromatic heterocycles. The van der Waals surface area contributed by atoms with Crippen molar-refractivity contribution in [3.8, 4) is 11.5 Å². The third kappa shape index (κ3) is 3.51. The van der Waals surface area contributed by atoms with Crippen molar-refractivity contribution in [1.82, 2.24) is 0 Å². The Morgan fingerprint density at radius 3 is 2.14 bits per heavy atom. The predicted octanol–water partition coefficient (Wildman–Crippen LogP) is 5.63. The highest BCUT2D eigenvalue weighted by Gasteiger charge is 2.15. The number of benzene rings is 2. The van der Waals surface area contributed by atoms with Crippen LogP contribution in [0.15, 0.2) is 30.3 Å². The summed E-state index contributed by atoms with van der Waals surface area (Å²) in [5.41, 5.74) is 9.86. The van der Waals surface area contributed by atoms with Gasteiger partial charge in [0.05, 0.1) is 10.7 Å². The van der Waals surface area contributed by atoms with Crippen molar-refractivity contribution in [2.24, 2.45) is 0 Å². The van der Waals surface area contributed by atoms with E-state index in [1.165, 1.54) is 5.56 Å². The maximum absolute atomic E-state index is 6.07. The minimum atomic E-state index is 0.129. The fraction of sp³-hybridized carbons (Fsp3) is 0.333. The fourth-order valence-corrected chi connectivity index (χ4v) is 2.30. The smallest absolute Gasteiger partial charge is 0.131 e. The van der Waals surface area contributed by atoms with E-state index in [2.05, 4.69) is 39.8 Å². The molecule has 2 N–H and O–H groups in total. The number of halogens is 1. The number of nitrogens with two attached hydrogens (primary N) is 1. The number of hydrogen-bond acceptors (Lipinski definition) is 2. The molecule has 0 radical (unpaired) electrons. The molecule has 2 aromatic rings. The minimum Gasteiger partial charge on any atom is -0.457 e. The number of nitrogen functional groups attached to an aromatic ring is 1. The van der Waals surface area contributed by atoms with E-state index in [0.29, 0.717) is 10.7 Å². The van der Waals surface area contributed by atoms with E-state index >= 15 is 0 Å². The summed E-state index contributed by atoms with van der Waals surface area (Å²) >= 11 is 6.07. The highest BCUT2D eigenvalue weighted by Crippen LogP contribution is 2.34. The molecule has 2 rings (SSSR count). The lowest BCUT2D eigenvalue weighted by Crippen LogP contribution is -2.11. The Morgan fingerprint density at radius 1 is 0.952 bits per heavy atom. The third-order valence-corrected chi connectivity index (χ3v) is 3.88. The predicted molar refractivity (Wildman–Crippen MR) is 90.6 cm³/mol. The molecule has 0 unspecified atom stereocenters. The van der Waals surface area contributed by atoms with Crippen LogP contribution in [0.1, 0.15) is 37.5 Å². The molecule has 0 aliphatic carbocycles. The van der Waals surface area contributed by atoms with Crippen molar-refractivity contribution in [3.63, 3.8) is 0 Å². The van der Waals surface area contributed by atoms with Crippen LogP contribution in [0, 0.1) is 13.8 Å². The van der Waals surface area contributed by atoms with Crippen LogP contribution in [0.4, 0.5) is 5.69 Å². The van der Waals surface area contributed by atoms with Gasteiger partial charge in [-0.3, -0.25) is 0 Å². The number of anilines is 1. The lowest BCUT2D eigenvalue weighted by atomic mass is 9.86. The average molecular weight is 304 g/mol. The summed E-state index contributed by atoms with van der Waals surface area (Å²) in [5, 5.41) is 0.513. The monoisotopic (exact) mass is 303 g/mol. The zero-order chi connectivity index (χ0) is 15.8. The Morgan fingerprint density at radius 2 is 1.57 bits per heavy atom. The molecule has 0 aliphatic heterocycles. The molecular weight excluding hydrogens is 282 g/mol. The number of rotatable bonds is 2. The summed E-state index contributed by atoms with van der Waals surface area (Å²) in [7, 11) is 0. The van der Waals surface area contributed by atoms with Crippen molar-refractivity contribution in [2.45, 2.75) is 40.0 Å². The second kappa shape index (κ2) is 5.61. The lowest BCUT2D eigenvalue weighted by Gasteiger charge is -2.21. The molecule has 0 aliphatic rings. The van der Waals surface area contributed by atoms with Crippen LogP contribution in [-0.4, -0.2) is 0 Å². The van der Waals surface area contributed by atoms with Crippen LogP contribution in [0.3, 0.4) is 0 Å². The van der Waals surface area contributed by atoms with Gasteiger partial charge in [-0.1, -0.05) is 44.5 Å². The van der Waals surface area contributed by atoms with Crippen LogP contribution in [0.5, 0.6) is 11.5 Å². The van der Waals surface area contributed by atoms with Crippen molar-refractivity contribution < 1.29 is 4.74 Å². The summed E-state index contributed by atoms with van der Waals surface area (Å²) in [6.07, 6.45) is 0. The number of aryl methyl sites for hydroxylation is 2. The fourth-order valence-electron chi connectivity index (χ4n) is 2.14. The lowest BCUT2D eigenvalue weighted by molar-refractivity contribution is 0.474. The van der Waals surface area contributed by atoms with Gasteiger partial charge in [0.2, 0.25) is 0 Å². The first-order valence-corrected chi connectivity index (χ1v) is 7.41. The average Bonchev–Trinajstić information content (AvgIpc) is 2.36. The second-order valence-corrected chi connectivity index (χ2v) is 6.88. The van der Waals surface area contributed by atoms with Crippen molar-refractivity contribution >= 4 is 17.3 Å². The molecular formula is C18H22ClNO. The Labute approximate surface area is 131 Å². The van der Waals surface area contributed by atoms with E-state index in [4.69, 9.17) is 22.1 Å². The molecule has 0 spiro atoms. The highest BCUT2D eigenvalue weighted by molar-refractivity contribution is 6.33. The Bertz CT molecular complexity index is 672. The first kappa shape index (κ1) is 15.7. The van der Waals surface area contributed by atoms with E-state index in [1.54, 1.807) is 6.07 Å². The van der Waals surface area contributed by atoms with Gasteiger partial charge in [-0.05, 0) is 48.1 Å². The summed E-state index contributed by atoms with van der Waals surface area (Å²) in [6, 6.07) is 9.89. The van der Waals surface area contributed by atoms with Crippen LogP contribution in [-0.2, 0) is 5.41 Å². The van der Waals surface area contributed by atoms with E-state index in [-0.39, 0.29) is 5.41 Å². The minimum absolute atomic E-state index is 0.129. The largest absolute Gasteiger partial charge is 0.457 e. The second-order valence-electron chi connectivity index (χ2n) is 6.47. The molecule has 2 nitrogen and oxygen atoms in total. The van der Waals surface area contributed by atoms with E-state index < -0.39 is 0 Å². The Hall–Kier alpha value is -1.67. The molecule has 0 bridgehead atoms. The summed E-state index contributed by atoms with van der Waals surface area (Å²) < 4.78 is 6.00. The maximum Gasteiger partial charge on any atom is 0.131 e. The molecule has 0 atom stereocenters. The first-order valence-electron chi connectivity index (χ1n) is 7.03. The molecule has 112 valence electrons. The zero-order valence-electron chi connectivity index (χ0n) is 13.3. The van der Waals surface area contributed by atoms with E-state index in [9.17, 15) is 0 Å². The topological polar surface area (TPSA) is 35.2 Å². The normalized spacial score (nSPS) is 11.5. The molecule has 0 amide bonds. The van der Waals surface area contributed by atoms with Gasteiger partial charge in [0, 0.05) is 6.07 Å². The van der Waals surface area contributed by atoms with Gasteiger partial charge in [0.1, 0.15) is 11.5 Å². The molecule has 3 heteroatoms. The summed E-state index contributed by atoms with van der Waals surface area (Å²) in [4.78, 5) is 0. The molecule has 2 aromatic carbocycles. The zero-order valence-corrected chi connectivity index (χ0v) is 14.0. The summed E-state index contributed by atoms with van der Waals surface area (Å²) in [6.45, 7) is 10.6. The van der Waals surface area contributed by atoms with Crippen molar-refractivity contribution in [3.05, 3.63) is 52.0 Å². The maximum atomic E-state index is 6.07. The summed E-state index contributed by atoms with van der Waals surface area (Å²) in [5.74, 6) is 1.58. The van der Waals surface area contributed by atoms with Crippen LogP contribution < -0.4 is 10.5 Å². The molecule has 0 saturated carbocycles. The standard InChI is InChI=1S/C18H22ClNO/c1-11-8-13(18(3,4)5)6-7-16(11)21-17-10-14(19)15(20)9-12(17)2/h6-10H,20H2,1-5H3. The SMILES string of the molecule is Cc1cc(C(C)(C)C)ccc1Oc1cc(Cl)c(N)cc1C.